The van der Waals surface area contributed by atoms with E-state index >= 15 is 0 Å². The summed E-state index contributed by atoms with van der Waals surface area (Å²) in [5, 5.41) is 0. The van der Waals surface area contributed by atoms with Crippen molar-refractivity contribution < 1.29 is 18.9 Å². The van der Waals surface area contributed by atoms with Crippen molar-refractivity contribution in [1.82, 2.24) is 14.4 Å². The highest BCUT2D eigenvalue weighted by molar-refractivity contribution is 6.19. The van der Waals surface area contributed by atoms with Gasteiger partial charge in [-0.05, 0) is 45.0 Å². The molecule has 1 aromatic carbocycles. The number of likely N-dealkylation sites (N-methyl/N-ethyl adjacent to an activating group) is 2. The number of aliphatic imine (C=N–C) groups is 1. The minimum atomic E-state index is -0.606. The van der Waals surface area contributed by atoms with E-state index in [1.807, 2.05) is 53.4 Å². The summed E-state index contributed by atoms with van der Waals surface area (Å²) in [6.45, 7) is 6.65. The number of nitrogens with zero attached hydrogens (tertiary/aromatic N) is 5. The molecule has 1 atom stereocenters. The Morgan fingerprint density at radius 2 is 1.89 bits per heavy atom. The number of amides is 3. The fourth-order valence-electron chi connectivity index (χ4n) is 3.65. The molecule has 8 nitrogen and oxygen atoms in total. The van der Waals surface area contributed by atoms with Gasteiger partial charge in [0.2, 0.25) is 11.9 Å². The van der Waals surface area contributed by atoms with Crippen LogP contribution in [0.1, 0.15) is 25.6 Å². The largest absolute Gasteiger partial charge is 0.494 e. The second-order valence-corrected chi connectivity index (χ2v) is 6.54. The van der Waals surface area contributed by atoms with Crippen LogP contribution in [0.5, 0.6) is 5.75 Å². The molecule has 1 aromatic heterocycles. The van der Waals surface area contributed by atoms with Gasteiger partial charge >= 0.3 is 12.0 Å². The molecule has 0 saturated carbocycles. The van der Waals surface area contributed by atoms with Crippen LogP contribution in [-0.2, 0) is 4.79 Å². The molecule has 2 aliphatic rings. The summed E-state index contributed by atoms with van der Waals surface area (Å²) in [5.74, 6) is 1.65. The second-order valence-electron chi connectivity index (χ2n) is 6.54. The van der Waals surface area contributed by atoms with Crippen molar-refractivity contribution in [3.05, 3.63) is 36.2 Å². The minimum absolute atomic E-state index is 0.244. The molecule has 0 bridgehead atoms. The van der Waals surface area contributed by atoms with Crippen LogP contribution in [0.25, 0.3) is 5.69 Å². The maximum atomic E-state index is 12.9. The van der Waals surface area contributed by atoms with Gasteiger partial charge in [-0.15, -0.1) is 0 Å². The number of benzene rings is 1. The van der Waals surface area contributed by atoms with Gasteiger partial charge in [0.15, 0.2) is 0 Å². The third kappa shape index (κ3) is 2.43. The zero-order valence-electron chi connectivity index (χ0n) is 15.8. The molecule has 0 aliphatic carbocycles. The van der Waals surface area contributed by atoms with Gasteiger partial charge in [-0.25, -0.2) is 9.36 Å². The fraction of sp³-hybridized carbons (Fsp3) is 0.368. The van der Waals surface area contributed by atoms with Crippen molar-refractivity contribution in [2.45, 2.75) is 26.8 Å². The number of urea groups is 1. The summed E-state index contributed by atoms with van der Waals surface area (Å²) in [5.41, 5.74) is 1.87. The lowest BCUT2D eigenvalue weighted by Gasteiger charge is -2.32. The number of rotatable bonds is 4. The third-order valence-corrected chi connectivity index (χ3v) is 4.93. The summed E-state index contributed by atoms with van der Waals surface area (Å²) in [7, 11) is 1.66. The van der Waals surface area contributed by atoms with E-state index in [4.69, 9.17) is 4.74 Å². The van der Waals surface area contributed by atoms with E-state index in [9.17, 15) is 9.59 Å². The van der Waals surface area contributed by atoms with Crippen molar-refractivity contribution in [1.29, 1.82) is 0 Å². The first-order valence-electron chi connectivity index (χ1n) is 9.02. The average molecular weight is 368 g/mol. The Morgan fingerprint density at radius 3 is 2.52 bits per heavy atom. The van der Waals surface area contributed by atoms with Gasteiger partial charge < -0.3 is 4.74 Å². The molecule has 27 heavy (non-hydrogen) atoms. The Hall–Kier alpha value is -3.16. The van der Waals surface area contributed by atoms with E-state index in [-0.39, 0.29) is 11.9 Å². The molecule has 1 fully saturated rings. The second kappa shape index (κ2) is 6.22. The number of aromatic nitrogens is 2. The van der Waals surface area contributed by atoms with E-state index in [1.54, 1.807) is 14.0 Å². The lowest BCUT2D eigenvalue weighted by Crippen LogP contribution is -2.62. The molecule has 1 saturated heterocycles. The first-order valence-corrected chi connectivity index (χ1v) is 9.02. The molecular weight excluding hydrogens is 346 g/mol. The summed E-state index contributed by atoms with van der Waals surface area (Å²) < 4.78 is 9.32. The molecule has 4 rings (SSSR count). The lowest BCUT2D eigenvalue weighted by molar-refractivity contribution is -0.676. The van der Waals surface area contributed by atoms with Gasteiger partial charge in [-0.2, -0.15) is 4.57 Å². The molecule has 1 unspecified atom stereocenters. The highest BCUT2D eigenvalue weighted by Gasteiger charge is 2.52. The van der Waals surface area contributed by atoms with Gasteiger partial charge in [0.1, 0.15) is 23.3 Å². The molecule has 0 N–H and O–H groups in total. The summed E-state index contributed by atoms with van der Waals surface area (Å²) in [6, 6.07) is 6.78. The van der Waals surface area contributed by atoms with Crippen molar-refractivity contribution in [3.8, 4) is 11.4 Å². The molecule has 2 aliphatic heterocycles. The molecule has 140 valence electrons. The summed E-state index contributed by atoms with van der Waals surface area (Å²) in [6.07, 6.45) is 1.91. The van der Waals surface area contributed by atoms with Crippen molar-refractivity contribution in [2.24, 2.45) is 4.99 Å². The number of carbonyl (C=O) groups excluding carboxylic acids is 2. The topological polar surface area (TPSA) is 71.0 Å². The maximum Gasteiger partial charge on any atom is 0.406 e. The van der Waals surface area contributed by atoms with Crippen molar-refractivity contribution in [3.63, 3.8) is 0 Å². The molecule has 2 aromatic rings. The zero-order chi connectivity index (χ0) is 19.3. The number of hydrogen-bond acceptors (Lipinski definition) is 4. The van der Waals surface area contributed by atoms with Crippen LogP contribution in [0.15, 0.2) is 35.5 Å². The standard InChI is InChI=1S/C19H22N5O3/c1-5-22-17(25)15-16(21(4)19(22)26)20-18-23(15)11-12(3)24(18)13-7-9-14(10-8-13)27-6-2/h7-11,15H,5-6H2,1-4H3/q+1. The van der Waals surface area contributed by atoms with Crippen LogP contribution in [0.4, 0.5) is 10.7 Å². The number of ether oxygens (including phenoxy) is 1. The normalized spacial score (nSPS) is 18.5. The van der Waals surface area contributed by atoms with E-state index in [0.717, 1.165) is 17.1 Å². The first kappa shape index (κ1) is 17.3. The Kier molecular flexibility index (Phi) is 3.98. The quantitative estimate of drug-likeness (QED) is 0.775. The average Bonchev–Trinajstić information content (AvgIpc) is 3.16. The van der Waals surface area contributed by atoms with Gasteiger partial charge in [-0.3, -0.25) is 14.6 Å². The number of carbonyl (C=O) groups is 2. The summed E-state index contributed by atoms with van der Waals surface area (Å²) >= 11 is 0. The molecule has 8 heteroatoms. The van der Waals surface area contributed by atoms with Crippen LogP contribution < -0.4 is 9.30 Å². The number of fused-ring (bicyclic) bond motifs is 3. The van der Waals surface area contributed by atoms with E-state index < -0.39 is 6.04 Å². The Balaban J connectivity index is 1.81. The van der Waals surface area contributed by atoms with Crippen molar-refractivity contribution >= 4 is 23.7 Å². The van der Waals surface area contributed by atoms with Crippen molar-refractivity contribution in [2.75, 3.05) is 20.2 Å². The number of imidazole rings is 1. The highest BCUT2D eigenvalue weighted by atomic mass is 16.5. The monoisotopic (exact) mass is 368 g/mol. The number of imide groups is 1. The Bertz CT molecular complexity index is 960. The van der Waals surface area contributed by atoms with Gasteiger partial charge in [-0.1, -0.05) is 4.99 Å². The number of amidine groups is 1. The summed E-state index contributed by atoms with van der Waals surface area (Å²) in [4.78, 5) is 32.7. The van der Waals surface area contributed by atoms with Crippen LogP contribution in [-0.4, -0.2) is 52.3 Å². The molecule has 3 amide bonds. The minimum Gasteiger partial charge on any atom is -0.494 e. The first-order chi connectivity index (χ1) is 13.0. The number of hydrogen-bond donors (Lipinski definition) is 0. The molecule has 3 heterocycles. The van der Waals surface area contributed by atoms with Crippen LogP contribution in [0.3, 0.4) is 0 Å². The predicted octanol–water partition coefficient (Wildman–Crippen LogP) is 1.97. The maximum absolute atomic E-state index is 12.9. The molecular formula is C19H22N5O3+. The van der Waals surface area contributed by atoms with E-state index in [1.165, 1.54) is 9.80 Å². The Morgan fingerprint density at radius 1 is 1.19 bits per heavy atom. The highest BCUT2D eigenvalue weighted by Crippen LogP contribution is 2.31. The lowest BCUT2D eigenvalue weighted by atomic mass is 10.1. The number of aryl methyl sites for hydroxylation is 1. The predicted molar refractivity (Wildman–Crippen MR) is 98.5 cm³/mol. The van der Waals surface area contributed by atoms with E-state index in [2.05, 4.69) is 4.99 Å². The molecule has 0 radical (unpaired) electrons. The van der Waals surface area contributed by atoms with Gasteiger partial charge in [0.05, 0.1) is 6.61 Å². The van der Waals surface area contributed by atoms with E-state index in [0.29, 0.717) is 24.9 Å². The van der Waals surface area contributed by atoms with Gasteiger partial charge in [0.25, 0.3) is 5.91 Å². The van der Waals surface area contributed by atoms with Crippen LogP contribution >= 0.6 is 0 Å². The zero-order valence-corrected chi connectivity index (χ0v) is 15.8. The SMILES string of the molecule is CCOc1ccc(-n2c(C)c[n+]3c2N=C2C3C(=O)N(CC)C(=O)N2C)cc1. The van der Waals surface area contributed by atoms with Gasteiger partial charge in [0, 0.05) is 13.6 Å². The van der Waals surface area contributed by atoms with Crippen LogP contribution in [0.2, 0.25) is 0 Å². The Labute approximate surface area is 157 Å². The smallest absolute Gasteiger partial charge is 0.406 e. The molecule has 0 spiro atoms. The third-order valence-electron chi connectivity index (χ3n) is 4.93. The fourth-order valence-corrected chi connectivity index (χ4v) is 3.65. The van der Waals surface area contributed by atoms with Crippen LogP contribution in [0, 0.1) is 6.92 Å².